The Balaban J connectivity index is 3.15. The Morgan fingerprint density at radius 2 is 1.61 bits per heavy atom. The molecule has 0 saturated heterocycles. The second kappa shape index (κ2) is 9.19. The molecule has 1 rings (SSSR count). The molecule has 0 bridgehead atoms. The molecule has 0 radical (unpaired) electrons. The topological polar surface area (TPSA) is 93.9 Å². The number of hydrogen-bond donors (Lipinski definition) is 1. The van der Waals surface area contributed by atoms with Crippen LogP contribution in [-0.2, 0) is 14.5 Å². The average Bonchev–Trinajstić information content (AvgIpc) is 2.57. The number of rotatable bonds is 7. The number of likely N-dealkylation sites (N-methyl/N-ethyl adjacent to an activating group) is 1. The molecule has 1 aromatic rings. The van der Waals surface area contributed by atoms with Gasteiger partial charge in [-0.3, -0.25) is 4.79 Å². The fraction of sp³-hybridized carbons (Fsp3) is 0.333. The maximum absolute atomic E-state index is 11.9. The van der Waals surface area contributed by atoms with E-state index in [2.05, 4.69) is 25.6 Å². The van der Waals surface area contributed by atoms with Crippen LogP contribution < -0.4 is 10.2 Å². The molecule has 23 heavy (non-hydrogen) atoms. The lowest BCUT2D eigenvalue weighted by molar-refractivity contribution is -0.114. The zero-order valence-electron chi connectivity index (χ0n) is 13.8. The van der Waals surface area contributed by atoms with Crippen LogP contribution in [0.3, 0.4) is 0 Å². The number of amides is 1. The van der Waals surface area contributed by atoms with Crippen LogP contribution in [0.1, 0.15) is 19.4 Å². The van der Waals surface area contributed by atoms with Gasteiger partial charge in [-0.1, -0.05) is 27.6 Å². The summed E-state index contributed by atoms with van der Waals surface area (Å²) in [5.41, 5.74) is 1.64. The van der Waals surface area contributed by atoms with Crippen LogP contribution in [0.15, 0.2) is 39.7 Å². The number of nitrogens with one attached hydrogen (secondary N) is 1. The van der Waals surface area contributed by atoms with Crippen LogP contribution in [-0.4, -0.2) is 44.3 Å². The summed E-state index contributed by atoms with van der Waals surface area (Å²) in [5, 5.41) is 14.0. The molecule has 1 N–H and O–H groups in total. The van der Waals surface area contributed by atoms with Gasteiger partial charge in [-0.2, -0.15) is 0 Å². The highest BCUT2D eigenvalue weighted by molar-refractivity contribution is 6.45. The van der Waals surface area contributed by atoms with Crippen molar-refractivity contribution in [3.05, 3.63) is 29.8 Å². The zero-order chi connectivity index (χ0) is 17.2. The third-order valence-electron chi connectivity index (χ3n) is 2.80. The van der Waals surface area contributed by atoms with Crippen molar-refractivity contribution in [2.24, 2.45) is 15.5 Å². The summed E-state index contributed by atoms with van der Waals surface area (Å²) >= 11 is 0. The summed E-state index contributed by atoms with van der Waals surface area (Å²) in [4.78, 5) is 26.8. The van der Waals surface area contributed by atoms with Gasteiger partial charge in [0, 0.05) is 7.05 Å². The van der Waals surface area contributed by atoms with Gasteiger partial charge in [-0.05, 0) is 26.0 Å². The van der Waals surface area contributed by atoms with Gasteiger partial charge in [-0.15, -0.1) is 0 Å². The number of benzene rings is 1. The monoisotopic (exact) mass is 320 g/mol. The quantitative estimate of drug-likeness (QED) is 0.609. The predicted molar refractivity (Wildman–Crippen MR) is 87.9 cm³/mol. The van der Waals surface area contributed by atoms with Gasteiger partial charge in [-0.25, -0.2) is 0 Å². The molecule has 0 heterocycles. The molecular weight excluding hydrogens is 300 g/mol. The van der Waals surface area contributed by atoms with E-state index in [1.54, 1.807) is 38.1 Å². The summed E-state index contributed by atoms with van der Waals surface area (Å²) in [5.74, 6) is -0.0443. The molecule has 8 heteroatoms. The number of carbonyl (C=O) groups excluding carboxylic acids is 1. The van der Waals surface area contributed by atoms with Gasteiger partial charge >= 0.3 is 0 Å². The molecule has 0 aromatic heterocycles. The minimum atomic E-state index is -0.402. The minimum absolute atomic E-state index is 0.0840. The maximum Gasteiger partial charge on any atom is 0.273 e. The van der Waals surface area contributed by atoms with E-state index in [0.717, 1.165) is 0 Å². The molecular formula is C15H20N4O4. The number of para-hydroxylation sites is 1. The zero-order valence-corrected chi connectivity index (χ0v) is 13.8. The largest absolute Gasteiger partial charge is 0.399 e. The Morgan fingerprint density at radius 1 is 1.00 bits per heavy atom. The Bertz CT molecular complexity index is 638. The van der Waals surface area contributed by atoms with E-state index in [-0.39, 0.29) is 5.71 Å². The fourth-order valence-corrected chi connectivity index (χ4v) is 1.55. The van der Waals surface area contributed by atoms with Crippen molar-refractivity contribution in [3.63, 3.8) is 0 Å². The van der Waals surface area contributed by atoms with Crippen molar-refractivity contribution in [1.82, 2.24) is 5.32 Å². The molecule has 0 unspecified atom stereocenters. The second-order valence-corrected chi connectivity index (χ2v) is 4.33. The smallest absolute Gasteiger partial charge is 0.273 e. The Hall–Kier alpha value is -2.90. The van der Waals surface area contributed by atoms with Gasteiger partial charge in [0.05, 0.1) is 5.56 Å². The Morgan fingerprint density at radius 3 is 2.22 bits per heavy atom. The molecule has 0 aliphatic carbocycles. The highest BCUT2D eigenvalue weighted by Gasteiger charge is 2.18. The van der Waals surface area contributed by atoms with E-state index in [1.165, 1.54) is 21.3 Å². The van der Waals surface area contributed by atoms with Gasteiger partial charge < -0.3 is 19.8 Å². The molecule has 0 atom stereocenters. The summed E-state index contributed by atoms with van der Waals surface area (Å²) < 4.78 is 0. The van der Waals surface area contributed by atoms with Crippen LogP contribution in [0.2, 0.25) is 0 Å². The van der Waals surface area contributed by atoms with Crippen LogP contribution in [0.5, 0.6) is 5.75 Å². The highest BCUT2D eigenvalue weighted by atomic mass is 16.6. The van der Waals surface area contributed by atoms with Crippen molar-refractivity contribution in [3.8, 4) is 5.75 Å². The molecule has 0 fully saturated rings. The molecule has 1 aromatic carbocycles. The van der Waals surface area contributed by atoms with E-state index in [0.29, 0.717) is 22.7 Å². The summed E-state index contributed by atoms with van der Waals surface area (Å²) in [6, 6.07) is 6.87. The number of hydrogen-bond acceptors (Lipinski definition) is 7. The van der Waals surface area contributed by atoms with Crippen molar-refractivity contribution in [2.45, 2.75) is 13.8 Å². The first-order valence-corrected chi connectivity index (χ1v) is 6.77. The molecule has 1 amide bonds. The SMILES string of the molecule is CNC(=O)/C(=N\OC)c1ccccc1O/N=C(C)/C(C)=N/OC. The predicted octanol–water partition coefficient (Wildman–Crippen LogP) is 1.56. The standard InChI is InChI=1S/C15H20N4O4/c1-10(17-21-4)11(2)18-23-13-9-7-6-8-12(13)14(19-22-5)15(20)16-3/h6-9H,1-5H3,(H,16,20)/b17-10+,18-11+,19-14-. The molecule has 0 saturated carbocycles. The van der Waals surface area contributed by atoms with E-state index < -0.39 is 5.91 Å². The number of carbonyl (C=O) groups is 1. The highest BCUT2D eigenvalue weighted by Crippen LogP contribution is 2.19. The Labute approximate surface area is 134 Å². The van der Waals surface area contributed by atoms with Gasteiger partial charge in [0.1, 0.15) is 25.6 Å². The first kappa shape index (κ1) is 18.1. The lowest BCUT2D eigenvalue weighted by atomic mass is 10.1. The Kier molecular flexibility index (Phi) is 7.25. The van der Waals surface area contributed by atoms with Gasteiger partial charge in [0.25, 0.3) is 5.91 Å². The number of nitrogens with zero attached hydrogens (tertiary/aromatic N) is 3. The van der Waals surface area contributed by atoms with Crippen LogP contribution in [0.25, 0.3) is 0 Å². The molecule has 124 valence electrons. The minimum Gasteiger partial charge on any atom is -0.399 e. The first-order chi connectivity index (χ1) is 11.0. The molecule has 0 aliphatic heterocycles. The molecule has 0 aliphatic rings. The maximum atomic E-state index is 11.9. The average molecular weight is 320 g/mol. The van der Waals surface area contributed by atoms with Crippen LogP contribution in [0.4, 0.5) is 0 Å². The third-order valence-corrected chi connectivity index (χ3v) is 2.80. The molecule has 8 nitrogen and oxygen atoms in total. The third kappa shape index (κ3) is 5.10. The van der Waals surface area contributed by atoms with Gasteiger partial charge in [0.2, 0.25) is 0 Å². The summed E-state index contributed by atoms with van der Waals surface area (Å²) in [7, 11) is 4.31. The van der Waals surface area contributed by atoms with E-state index >= 15 is 0 Å². The van der Waals surface area contributed by atoms with Crippen molar-refractivity contribution >= 4 is 23.0 Å². The van der Waals surface area contributed by atoms with E-state index in [4.69, 9.17) is 9.68 Å². The second-order valence-electron chi connectivity index (χ2n) is 4.33. The van der Waals surface area contributed by atoms with Crippen molar-refractivity contribution in [1.29, 1.82) is 0 Å². The molecule has 0 spiro atoms. The lowest BCUT2D eigenvalue weighted by Crippen LogP contribution is -2.28. The van der Waals surface area contributed by atoms with Gasteiger partial charge in [0.15, 0.2) is 11.5 Å². The number of oxime groups is 3. The van der Waals surface area contributed by atoms with E-state index in [1.807, 2.05) is 0 Å². The first-order valence-electron chi connectivity index (χ1n) is 6.77. The van der Waals surface area contributed by atoms with E-state index in [9.17, 15) is 4.79 Å². The summed E-state index contributed by atoms with van der Waals surface area (Å²) in [6.45, 7) is 3.46. The normalized spacial score (nSPS) is 12.7. The summed E-state index contributed by atoms with van der Waals surface area (Å²) in [6.07, 6.45) is 0. The van der Waals surface area contributed by atoms with Crippen molar-refractivity contribution < 1.29 is 19.3 Å². The van der Waals surface area contributed by atoms with Crippen LogP contribution in [0, 0.1) is 0 Å². The lowest BCUT2D eigenvalue weighted by Gasteiger charge is -2.09. The van der Waals surface area contributed by atoms with Crippen LogP contribution >= 0.6 is 0 Å². The fourth-order valence-electron chi connectivity index (χ4n) is 1.55. The van der Waals surface area contributed by atoms with Crippen molar-refractivity contribution in [2.75, 3.05) is 21.3 Å².